The van der Waals surface area contributed by atoms with Gasteiger partial charge in [-0.15, -0.1) is 0 Å². The Labute approximate surface area is 227 Å². The van der Waals surface area contributed by atoms with Crippen molar-refractivity contribution in [2.75, 3.05) is 13.1 Å². The van der Waals surface area contributed by atoms with E-state index >= 15 is 0 Å². The second-order valence-electron chi connectivity index (χ2n) is 9.18. The first-order valence-electron chi connectivity index (χ1n) is 12.6. The van der Waals surface area contributed by atoms with E-state index < -0.39 is 0 Å². The Morgan fingerprint density at radius 1 is 0.974 bits per heavy atom. The number of para-hydroxylation sites is 1. The van der Waals surface area contributed by atoms with Crippen molar-refractivity contribution in [1.29, 1.82) is 5.26 Å². The number of nitriles is 1. The zero-order valence-electron chi connectivity index (χ0n) is 20.9. The molecule has 1 fully saturated rings. The minimum Gasteiger partial charge on any atom is -0.489 e. The molecule has 0 atom stereocenters. The van der Waals surface area contributed by atoms with E-state index in [9.17, 15) is 10.1 Å². The van der Waals surface area contributed by atoms with Gasteiger partial charge >= 0.3 is 0 Å². The Morgan fingerprint density at radius 2 is 1.68 bits per heavy atom. The van der Waals surface area contributed by atoms with Crippen LogP contribution in [0.1, 0.15) is 30.4 Å². The van der Waals surface area contributed by atoms with Gasteiger partial charge in [0.25, 0.3) is 5.91 Å². The van der Waals surface area contributed by atoms with Crippen LogP contribution in [0.3, 0.4) is 0 Å². The standard InChI is InChI=1S/C31H27ClN4O2/c32-27-13-9-23(10-14-27)22-38-29-15-11-24(12-16-29)30-26(21-36(34-30)28-7-3-1-4-8-28)19-25(20-33)31(37)35-17-5-2-6-18-35/h1,3-4,7-16,19,21H,2,5-6,17-18,22H2/b25-19+. The number of amides is 1. The highest BCUT2D eigenvalue weighted by Gasteiger charge is 2.21. The number of hydrogen-bond acceptors (Lipinski definition) is 4. The molecule has 3 aromatic carbocycles. The summed E-state index contributed by atoms with van der Waals surface area (Å²) in [5, 5.41) is 15.4. The summed E-state index contributed by atoms with van der Waals surface area (Å²) in [7, 11) is 0. The lowest BCUT2D eigenvalue weighted by Gasteiger charge is -2.26. The highest BCUT2D eigenvalue weighted by molar-refractivity contribution is 6.30. The topological polar surface area (TPSA) is 71.1 Å². The van der Waals surface area contributed by atoms with Crippen molar-refractivity contribution in [2.45, 2.75) is 25.9 Å². The van der Waals surface area contributed by atoms with Gasteiger partial charge in [0, 0.05) is 35.4 Å². The molecule has 4 aromatic rings. The van der Waals surface area contributed by atoms with Crippen molar-refractivity contribution in [2.24, 2.45) is 0 Å². The summed E-state index contributed by atoms with van der Waals surface area (Å²) in [6, 6.07) is 27.1. The number of ether oxygens (including phenoxy) is 1. The molecule has 190 valence electrons. The molecule has 6 nitrogen and oxygen atoms in total. The van der Waals surface area contributed by atoms with Gasteiger partial charge in [0.05, 0.1) is 11.4 Å². The van der Waals surface area contributed by atoms with Crippen molar-refractivity contribution in [1.82, 2.24) is 14.7 Å². The van der Waals surface area contributed by atoms with Gasteiger partial charge in [-0.25, -0.2) is 4.68 Å². The maximum atomic E-state index is 13.1. The number of benzene rings is 3. The summed E-state index contributed by atoms with van der Waals surface area (Å²) in [6.07, 6.45) is 6.56. The van der Waals surface area contributed by atoms with Crippen LogP contribution in [0.4, 0.5) is 0 Å². The highest BCUT2D eigenvalue weighted by Crippen LogP contribution is 2.28. The first kappa shape index (κ1) is 25.3. The molecule has 1 amide bonds. The molecule has 0 aliphatic carbocycles. The van der Waals surface area contributed by atoms with Gasteiger partial charge in [-0.2, -0.15) is 10.4 Å². The Hall–Kier alpha value is -4.34. The zero-order chi connectivity index (χ0) is 26.3. The molecule has 0 saturated carbocycles. The van der Waals surface area contributed by atoms with Gasteiger partial charge in [-0.1, -0.05) is 41.9 Å². The molecule has 0 radical (unpaired) electrons. The lowest BCUT2D eigenvalue weighted by molar-refractivity contribution is -0.127. The van der Waals surface area contributed by atoms with Crippen molar-refractivity contribution in [3.8, 4) is 28.8 Å². The van der Waals surface area contributed by atoms with Crippen LogP contribution < -0.4 is 4.74 Å². The van der Waals surface area contributed by atoms with Crippen molar-refractivity contribution in [3.63, 3.8) is 0 Å². The minimum absolute atomic E-state index is 0.115. The number of carbonyl (C=O) groups is 1. The zero-order valence-corrected chi connectivity index (χ0v) is 21.6. The first-order valence-corrected chi connectivity index (χ1v) is 13.0. The van der Waals surface area contributed by atoms with E-state index in [-0.39, 0.29) is 11.5 Å². The van der Waals surface area contributed by atoms with Crippen molar-refractivity contribution < 1.29 is 9.53 Å². The molecule has 0 spiro atoms. The molecule has 0 bridgehead atoms. The summed E-state index contributed by atoms with van der Waals surface area (Å²) in [5.41, 5.74) is 4.26. The third-order valence-electron chi connectivity index (χ3n) is 6.50. The Bertz CT molecular complexity index is 1460. The van der Waals surface area contributed by atoms with Gasteiger partial charge < -0.3 is 9.64 Å². The Morgan fingerprint density at radius 3 is 2.37 bits per heavy atom. The van der Waals surface area contributed by atoms with Crippen LogP contribution in [-0.4, -0.2) is 33.7 Å². The second kappa shape index (κ2) is 11.8. The Balaban J connectivity index is 1.44. The summed E-state index contributed by atoms with van der Waals surface area (Å²) in [6.45, 7) is 1.80. The molecule has 0 N–H and O–H groups in total. The number of likely N-dealkylation sites (tertiary alicyclic amines) is 1. The van der Waals surface area contributed by atoms with Crippen LogP contribution in [0.5, 0.6) is 5.75 Å². The highest BCUT2D eigenvalue weighted by atomic mass is 35.5. The molecule has 0 unspecified atom stereocenters. The average molecular weight is 523 g/mol. The van der Waals surface area contributed by atoms with Gasteiger partial charge in [-0.3, -0.25) is 4.79 Å². The van der Waals surface area contributed by atoms with Crippen LogP contribution in [-0.2, 0) is 11.4 Å². The third-order valence-corrected chi connectivity index (χ3v) is 6.76. The molecule has 5 rings (SSSR count). The molecule has 1 aliphatic rings. The monoisotopic (exact) mass is 522 g/mol. The fourth-order valence-electron chi connectivity index (χ4n) is 4.45. The summed E-state index contributed by atoms with van der Waals surface area (Å²) in [4.78, 5) is 14.9. The molecular weight excluding hydrogens is 496 g/mol. The quantitative estimate of drug-likeness (QED) is 0.200. The lowest BCUT2D eigenvalue weighted by Crippen LogP contribution is -2.36. The van der Waals surface area contributed by atoms with E-state index in [1.165, 1.54) is 0 Å². The fraction of sp³-hybridized carbons (Fsp3) is 0.194. The predicted octanol–water partition coefficient (Wildman–Crippen LogP) is 6.69. The van der Waals surface area contributed by atoms with Crippen LogP contribution in [0, 0.1) is 11.3 Å². The number of rotatable bonds is 7. The number of carbonyl (C=O) groups excluding carboxylic acids is 1. The maximum Gasteiger partial charge on any atom is 0.264 e. The van der Waals surface area contributed by atoms with Crippen LogP contribution in [0.25, 0.3) is 23.0 Å². The van der Waals surface area contributed by atoms with E-state index in [2.05, 4.69) is 6.07 Å². The van der Waals surface area contributed by atoms with E-state index in [1.807, 2.05) is 85.1 Å². The van der Waals surface area contributed by atoms with E-state index in [1.54, 1.807) is 15.7 Å². The molecular formula is C31H27ClN4O2. The van der Waals surface area contributed by atoms with Crippen LogP contribution in [0.2, 0.25) is 5.02 Å². The largest absolute Gasteiger partial charge is 0.489 e. The fourth-order valence-corrected chi connectivity index (χ4v) is 4.58. The molecule has 1 aromatic heterocycles. The minimum atomic E-state index is -0.225. The van der Waals surface area contributed by atoms with E-state index in [0.29, 0.717) is 36.0 Å². The third kappa shape index (κ3) is 5.96. The SMILES string of the molecule is N#C/C(=C\c1cn(-c2ccccc2)nc1-c1ccc(OCc2ccc(Cl)cc2)cc1)C(=O)N1CCCCC1. The smallest absolute Gasteiger partial charge is 0.264 e. The lowest BCUT2D eigenvalue weighted by atomic mass is 10.0. The maximum absolute atomic E-state index is 13.1. The number of nitrogens with zero attached hydrogens (tertiary/aromatic N) is 4. The Kier molecular flexibility index (Phi) is 7.86. The number of halogens is 1. The molecule has 38 heavy (non-hydrogen) atoms. The van der Waals surface area contributed by atoms with Gasteiger partial charge in [0.15, 0.2) is 0 Å². The molecule has 1 aliphatic heterocycles. The number of piperidine rings is 1. The predicted molar refractivity (Wildman–Crippen MR) is 149 cm³/mol. The van der Waals surface area contributed by atoms with Crippen LogP contribution >= 0.6 is 11.6 Å². The van der Waals surface area contributed by atoms with Crippen molar-refractivity contribution in [3.05, 3.63) is 107 Å². The summed E-state index contributed by atoms with van der Waals surface area (Å²) >= 11 is 5.96. The average Bonchev–Trinajstić information content (AvgIpc) is 3.40. The van der Waals surface area contributed by atoms with E-state index in [0.717, 1.165) is 41.8 Å². The number of hydrogen-bond donors (Lipinski definition) is 0. The molecule has 2 heterocycles. The van der Waals surface area contributed by atoms with E-state index in [4.69, 9.17) is 21.4 Å². The van der Waals surface area contributed by atoms with Crippen LogP contribution in [0.15, 0.2) is 90.6 Å². The molecule has 1 saturated heterocycles. The second-order valence-corrected chi connectivity index (χ2v) is 9.61. The van der Waals surface area contributed by atoms with Gasteiger partial charge in [0.1, 0.15) is 24.0 Å². The van der Waals surface area contributed by atoms with Crippen molar-refractivity contribution >= 4 is 23.6 Å². The summed E-state index contributed by atoms with van der Waals surface area (Å²) < 4.78 is 7.70. The first-order chi connectivity index (χ1) is 18.6. The van der Waals surface area contributed by atoms with Gasteiger partial charge in [0.2, 0.25) is 0 Å². The van der Waals surface area contributed by atoms with Gasteiger partial charge in [-0.05, 0) is 79.4 Å². The summed E-state index contributed by atoms with van der Waals surface area (Å²) in [5.74, 6) is 0.498. The number of aromatic nitrogens is 2. The molecule has 7 heteroatoms. The normalized spacial score (nSPS) is 13.7.